The van der Waals surface area contributed by atoms with Crippen LogP contribution in [0.15, 0.2) is 53.1 Å². The number of rotatable bonds is 4. The molecule has 5 rings (SSSR count). The zero-order valence-electron chi connectivity index (χ0n) is 17.9. The third-order valence-electron chi connectivity index (χ3n) is 5.25. The van der Waals surface area contributed by atoms with Crippen LogP contribution in [0.3, 0.4) is 0 Å². The molecule has 2 aromatic heterocycles. The highest BCUT2D eigenvalue weighted by molar-refractivity contribution is 6.30. The van der Waals surface area contributed by atoms with E-state index in [9.17, 15) is 0 Å². The Balaban J connectivity index is 0.000000821. The molecule has 0 saturated carbocycles. The first kappa shape index (κ1) is 22.4. The van der Waals surface area contributed by atoms with Gasteiger partial charge in [-0.2, -0.15) is 4.98 Å². The van der Waals surface area contributed by atoms with Crippen molar-refractivity contribution in [2.75, 3.05) is 20.7 Å². The lowest BCUT2D eigenvalue weighted by molar-refractivity contribution is -0.122. The molecule has 0 spiro atoms. The van der Waals surface area contributed by atoms with Crippen molar-refractivity contribution in [1.82, 2.24) is 29.8 Å². The Morgan fingerprint density at radius 3 is 2.61 bits per heavy atom. The molecule has 170 valence electrons. The monoisotopic (exact) mass is 468 g/mol. The van der Waals surface area contributed by atoms with E-state index >= 15 is 0 Å². The first-order valence-corrected chi connectivity index (χ1v) is 10.4. The number of halogens is 1. The van der Waals surface area contributed by atoms with Crippen molar-refractivity contribution in [3.05, 3.63) is 65.3 Å². The Kier molecular flexibility index (Phi) is 6.66. The smallest absolute Gasteiger partial charge is 0.290 e. The van der Waals surface area contributed by atoms with Crippen molar-refractivity contribution >= 4 is 18.1 Å². The highest BCUT2D eigenvalue weighted by atomic mass is 35.5. The summed E-state index contributed by atoms with van der Waals surface area (Å²) in [5.74, 6) is 3.35. The van der Waals surface area contributed by atoms with E-state index < -0.39 is 0 Å². The maximum absolute atomic E-state index is 8.36. The van der Waals surface area contributed by atoms with Crippen LogP contribution in [-0.4, -0.2) is 62.1 Å². The van der Waals surface area contributed by atoms with Gasteiger partial charge in [0.25, 0.3) is 12.4 Å². The molecular weight excluding hydrogens is 448 g/mol. The molecule has 0 amide bonds. The Labute approximate surface area is 194 Å². The van der Waals surface area contributed by atoms with Crippen molar-refractivity contribution < 1.29 is 19.2 Å². The zero-order chi connectivity index (χ0) is 23.4. The normalized spacial score (nSPS) is 15.3. The maximum atomic E-state index is 8.36. The zero-order valence-corrected chi connectivity index (χ0v) is 18.7. The molecule has 10 nitrogen and oxygen atoms in total. The molecule has 0 fully saturated rings. The van der Waals surface area contributed by atoms with Gasteiger partial charge in [-0.1, -0.05) is 28.9 Å². The number of ether oxygens (including phenoxy) is 1. The number of nitrogens with zero attached hydrogens (tertiary/aromatic N) is 6. The van der Waals surface area contributed by atoms with Gasteiger partial charge < -0.3 is 18.9 Å². The standard InChI is InChI=1S/C21H19ClN6O2.CH2O2/c1-27-10-11-28-19(13-6-8-16(29-2)9-7-13)24-25-20(28)17(27)21-23-18(26-30-21)14-4-3-5-15(22)12-14;2-1-3/h3-9,12,17H,10-11H2,1-2H3;1H,(H,2,3). The Morgan fingerprint density at radius 2 is 1.91 bits per heavy atom. The summed E-state index contributed by atoms with van der Waals surface area (Å²) >= 11 is 6.10. The average molecular weight is 469 g/mol. The summed E-state index contributed by atoms with van der Waals surface area (Å²) in [5, 5.41) is 20.6. The summed E-state index contributed by atoms with van der Waals surface area (Å²) in [6.07, 6.45) is 0. The topological polar surface area (TPSA) is 119 Å². The fraction of sp³-hybridized carbons (Fsp3) is 0.227. The molecule has 1 aliphatic heterocycles. The lowest BCUT2D eigenvalue weighted by atomic mass is 10.1. The number of hydrogen-bond donors (Lipinski definition) is 1. The molecule has 1 N–H and O–H groups in total. The summed E-state index contributed by atoms with van der Waals surface area (Å²) in [7, 11) is 3.66. The third-order valence-corrected chi connectivity index (χ3v) is 5.48. The lowest BCUT2D eigenvalue weighted by Gasteiger charge is -2.30. The van der Waals surface area contributed by atoms with Gasteiger partial charge in [-0.3, -0.25) is 9.69 Å². The molecule has 0 bridgehead atoms. The number of hydrogen-bond acceptors (Lipinski definition) is 8. The minimum absolute atomic E-state index is 0.250. The highest BCUT2D eigenvalue weighted by Gasteiger charge is 2.35. The van der Waals surface area contributed by atoms with Crippen molar-refractivity contribution in [2.45, 2.75) is 12.6 Å². The van der Waals surface area contributed by atoms with Gasteiger partial charge in [-0.25, -0.2) is 0 Å². The SMILES string of the molecule is COc1ccc(-c2nnc3n2CCN(C)C3c2nc(-c3cccc(Cl)c3)no2)cc1.O=CO. The van der Waals surface area contributed by atoms with Gasteiger partial charge in [0.1, 0.15) is 5.75 Å². The summed E-state index contributed by atoms with van der Waals surface area (Å²) in [6, 6.07) is 14.9. The van der Waals surface area contributed by atoms with Gasteiger partial charge in [-0.15, -0.1) is 10.2 Å². The second kappa shape index (κ2) is 9.80. The number of benzene rings is 2. The van der Waals surface area contributed by atoms with Gasteiger partial charge in [0, 0.05) is 29.2 Å². The van der Waals surface area contributed by atoms with Crippen molar-refractivity contribution in [3.63, 3.8) is 0 Å². The molecule has 2 aromatic carbocycles. The number of carbonyl (C=O) groups is 1. The fourth-order valence-electron chi connectivity index (χ4n) is 3.67. The van der Waals surface area contributed by atoms with E-state index in [2.05, 4.69) is 29.8 Å². The average Bonchev–Trinajstić information content (AvgIpc) is 3.47. The van der Waals surface area contributed by atoms with E-state index in [-0.39, 0.29) is 12.5 Å². The summed E-state index contributed by atoms with van der Waals surface area (Å²) in [6.45, 7) is 1.32. The van der Waals surface area contributed by atoms with E-state index in [1.807, 2.05) is 55.6 Å². The molecule has 0 radical (unpaired) electrons. The number of carboxylic acid groups (broad SMARTS) is 1. The molecule has 1 atom stereocenters. The second-order valence-corrected chi connectivity index (χ2v) is 7.65. The van der Waals surface area contributed by atoms with E-state index in [1.54, 1.807) is 7.11 Å². The Hall–Kier alpha value is -3.76. The first-order valence-electron chi connectivity index (χ1n) is 10.0. The fourth-order valence-corrected chi connectivity index (χ4v) is 3.86. The molecule has 1 aliphatic rings. The summed E-state index contributed by atoms with van der Waals surface area (Å²) < 4.78 is 13.0. The van der Waals surface area contributed by atoms with Crippen LogP contribution < -0.4 is 4.74 Å². The predicted molar refractivity (Wildman–Crippen MR) is 120 cm³/mol. The number of fused-ring (bicyclic) bond motifs is 1. The molecule has 0 aliphatic carbocycles. The van der Waals surface area contributed by atoms with Crippen LogP contribution in [0.4, 0.5) is 0 Å². The van der Waals surface area contributed by atoms with Crippen molar-refractivity contribution in [3.8, 4) is 28.5 Å². The lowest BCUT2D eigenvalue weighted by Crippen LogP contribution is -2.36. The number of aromatic nitrogens is 5. The number of methoxy groups -OCH3 is 1. The molecule has 4 aromatic rings. The minimum atomic E-state index is -0.279. The predicted octanol–water partition coefficient (Wildman–Crippen LogP) is 3.39. The minimum Gasteiger partial charge on any atom is -0.497 e. The van der Waals surface area contributed by atoms with Crippen LogP contribution in [0, 0.1) is 0 Å². The van der Waals surface area contributed by atoms with Crippen LogP contribution in [0.1, 0.15) is 17.8 Å². The van der Waals surface area contributed by atoms with Crippen LogP contribution in [-0.2, 0) is 11.3 Å². The third kappa shape index (κ3) is 4.57. The van der Waals surface area contributed by atoms with Gasteiger partial charge in [-0.05, 0) is 43.4 Å². The van der Waals surface area contributed by atoms with Crippen molar-refractivity contribution in [2.24, 2.45) is 0 Å². The van der Waals surface area contributed by atoms with Crippen LogP contribution >= 0.6 is 11.6 Å². The number of likely N-dealkylation sites (N-methyl/N-ethyl adjacent to an activating group) is 1. The second-order valence-electron chi connectivity index (χ2n) is 7.22. The Bertz CT molecular complexity index is 1240. The molecule has 1 unspecified atom stereocenters. The van der Waals surface area contributed by atoms with E-state index in [0.717, 1.165) is 41.6 Å². The van der Waals surface area contributed by atoms with Crippen LogP contribution in [0.2, 0.25) is 5.02 Å². The highest BCUT2D eigenvalue weighted by Crippen LogP contribution is 2.33. The Morgan fingerprint density at radius 1 is 1.15 bits per heavy atom. The van der Waals surface area contributed by atoms with Crippen molar-refractivity contribution in [1.29, 1.82) is 0 Å². The quantitative estimate of drug-likeness (QED) is 0.449. The summed E-state index contributed by atoms with van der Waals surface area (Å²) in [5.41, 5.74) is 1.78. The molecule has 33 heavy (non-hydrogen) atoms. The largest absolute Gasteiger partial charge is 0.497 e. The van der Waals surface area contributed by atoms with Crippen LogP contribution in [0.25, 0.3) is 22.8 Å². The molecular formula is C22H21ClN6O4. The van der Waals surface area contributed by atoms with Gasteiger partial charge in [0.2, 0.25) is 5.82 Å². The van der Waals surface area contributed by atoms with Gasteiger partial charge in [0.05, 0.1) is 7.11 Å². The molecule has 11 heteroatoms. The van der Waals surface area contributed by atoms with Gasteiger partial charge in [0.15, 0.2) is 17.7 Å². The molecule has 3 heterocycles. The van der Waals surface area contributed by atoms with E-state index in [1.165, 1.54) is 0 Å². The molecule has 0 saturated heterocycles. The van der Waals surface area contributed by atoms with Gasteiger partial charge >= 0.3 is 0 Å². The summed E-state index contributed by atoms with van der Waals surface area (Å²) in [4.78, 5) is 15.1. The van der Waals surface area contributed by atoms with Crippen LogP contribution in [0.5, 0.6) is 5.75 Å². The maximum Gasteiger partial charge on any atom is 0.290 e. The van der Waals surface area contributed by atoms with E-state index in [4.69, 9.17) is 30.8 Å². The first-order chi connectivity index (χ1) is 16.0. The van der Waals surface area contributed by atoms with E-state index in [0.29, 0.717) is 16.7 Å².